The zero-order valence-electron chi connectivity index (χ0n) is 14.6. The van der Waals surface area contributed by atoms with Crippen LogP contribution in [0.4, 0.5) is 5.69 Å². The number of ether oxygens (including phenoxy) is 1. The molecule has 1 saturated carbocycles. The molecule has 0 aromatic heterocycles. The summed E-state index contributed by atoms with van der Waals surface area (Å²) in [6.45, 7) is 2.05. The summed E-state index contributed by atoms with van der Waals surface area (Å²) in [5.41, 5.74) is 2.01. The van der Waals surface area contributed by atoms with Crippen LogP contribution in [0.5, 0.6) is 0 Å². The minimum absolute atomic E-state index is 0.0568. The topological polar surface area (TPSA) is 70.7 Å². The van der Waals surface area contributed by atoms with Gasteiger partial charge in [-0.05, 0) is 30.5 Å². The van der Waals surface area contributed by atoms with Gasteiger partial charge in [-0.3, -0.25) is 9.59 Å². The lowest BCUT2D eigenvalue weighted by atomic mass is 9.98. The van der Waals surface area contributed by atoms with Crippen LogP contribution in [0.25, 0.3) is 0 Å². The smallest absolute Gasteiger partial charge is 0.242 e. The molecule has 6 heteroatoms. The number of hydrogen-bond acceptors (Lipinski definition) is 4. The first-order chi connectivity index (χ1) is 12.2. The number of hydrogen-bond donors (Lipinski definition) is 2. The van der Waals surface area contributed by atoms with Crippen molar-refractivity contribution in [1.29, 1.82) is 0 Å². The molecule has 2 amide bonds. The summed E-state index contributed by atoms with van der Waals surface area (Å²) < 4.78 is 6.01. The van der Waals surface area contributed by atoms with E-state index in [-0.39, 0.29) is 24.9 Å². The third kappa shape index (κ3) is 5.46. The maximum atomic E-state index is 12.2. The highest BCUT2D eigenvalue weighted by Gasteiger charge is 2.20. The summed E-state index contributed by atoms with van der Waals surface area (Å²) in [5.74, 6) is -0.153. The molecule has 0 unspecified atom stereocenters. The van der Waals surface area contributed by atoms with Gasteiger partial charge in [0.05, 0.1) is 25.8 Å². The Balaban J connectivity index is 1.46. The number of rotatable bonds is 6. The SMILES string of the molecule is O=C1CN(C(=O)CNc2cccc(COC3CCCCC3)c2)CCN1. The van der Waals surface area contributed by atoms with Gasteiger partial charge < -0.3 is 20.3 Å². The van der Waals surface area contributed by atoms with E-state index >= 15 is 0 Å². The number of benzene rings is 1. The van der Waals surface area contributed by atoms with Crippen molar-refractivity contribution < 1.29 is 14.3 Å². The molecule has 0 radical (unpaired) electrons. The zero-order valence-corrected chi connectivity index (χ0v) is 14.6. The highest BCUT2D eigenvalue weighted by atomic mass is 16.5. The maximum absolute atomic E-state index is 12.2. The van der Waals surface area contributed by atoms with Gasteiger partial charge in [0.15, 0.2) is 0 Å². The summed E-state index contributed by atoms with van der Waals surface area (Å²) in [6.07, 6.45) is 6.57. The van der Waals surface area contributed by atoms with Gasteiger partial charge in [0.25, 0.3) is 0 Å². The highest BCUT2D eigenvalue weighted by molar-refractivity contribution is 5.87. The molecular weight excluding hydrogens is 318 g/mol. The average Bonchev–Trinajstić information content (AvgIpc) is 2.66. The Morgan fingerprint density at radius 1 is 1.28 bits per heavy atom. The predicted molar refractivity (Wildman–Crippen MR) is 96.2 cm³/mol. The lowest BCUT2D eigenvalue weighted by molar-refractivity contribution is -0.136. The Kier molecular flexibility index (Phi) is 6.28. The molecule has 2 aliphatic rings. The number of carbonyl (C=O) groups excluding carboxylic acids is 2. The second-order valence-electron chi connectivity index (χ2n) is 6.79. The van der Waals surface area contributed by atoms with E-state index in [1.807, 2.05) is 24.3 Å². The average molecular weight is 345 g/mol. The van der Waals surface area contributed by atoms with Crippen molar-refractivity contribution >= 4 is 17.5 Å². The van der Waals surface area contributed by atoms with E-state index in [2.05, 4.69) is 10.6 Å². The number of amides is 2. The number of anilines is 1. The third-order valence-electron chi connectivity index (χ3n) is 4.80. The number of carbonyl (C=O) groups is 2. The molecule has 25 heavy (non-hydrogen) atoms. The molecule has 1 aromatic carbocycles. The van der Waals surface area contributed by atoms with Crippen LogP contribution in [-0.2, 0) is 20.9 Å². The van der Waals surface area contributed by atoms with Crippen molar-refractivity contribution in [3.63, 3.8) is 0 Å². The van der Waals surface area contributed by atoms with Crippen LogP contribution in [0.1, 0.15) is 37.7 Å². The Bertz CT molecular complexity index is 599. The van der Waals surface area contributed by atoms with Crippen molar-refractivity contribution in [2.24, 2.45) is 0 Å². The third-order valence-corrected chi connectivity index (χ3v) is 4.80. The van der Waals surface area contributed by atoms with Crippen molar-refractivity contribution in [2.45, 2.75) is 44.8 Å². The number of piperazine rings is 1. The molecule has 136 valence electrons. The van der Waals surface area contributed by atoms with Gasteiger partial charge >= 0.3 is 0 Å². The summed E-state index contributed by atoms with van der Waals surface area (Å²) in [4.78, 5) is 25.1. The molecule has 0 bridgehead atoms. The monoisotopic (exact) mass is 345 g/mol. The molecule has 1 aliphatic heterocycles. The van der Waals surface area contributed by atoms with Crippen LogP contribution in [-0.4, -0.2) is 49.0 Å². The van der Waals surface area contributed by atoms with E-state index in [1.165, 1.54) is 19.3 Å². The summed E-state index contributed by atoms with van der Waals surface area (Å²) in [5, 5.41) is 5.88. The van der Waals surface area contributed by atoms with Gasteiger partial charge in [0.2, 0.25) is 11.8 Å². The molecule has 0 atom stereocenters. The van der Waals surface area contributed by atoms with Gasteiger partial charge in [0.1, 0.15) is 0 Å². The minimum atomic E-state index is -0.0959. The molecule has 1 heterocycles. The van der Waals surface area contributed by atoms with Crippen LogP contribution in [0, 0.1) is 0 Å². The van der Waals surface area contributed by atoms with Crippen molar-refractivity contribution in [3.05, 3.63) is 29.8 Å². The van der Waals surface area contributed by atoms with Crippen molar-refractivity contribution in [1.82, 2.24) is 10.2 Å². The minimum Gasteiger partial charge on any atom is -0.376 e. The van der Waals surface area contributed by atoms with Crippen LogP contribution < -0.4 is 10.6 Å². The van der Waals surface area contributed by atoms with Crippen LogP contribution >= 0.6 is 0 Å². The van der Waals surface area contributed by atoms with Gasteiger partial charge in [0, 0.05) is 18.8 Å². The number of nitrogens with zero attached hydrogens (tertiary/aromatic N) is 1. The van der Waals surface area contributed by atoms with E-state index in [0.717, 1.165) is 24.1 Å². The van der Waals surface area contributed by atoms with Crippen molar-refractivity contribution in [3.8, 4) is 0 Å². The summed E-state index contributed by atoms with van der Waals surface area (Å²) >= 11 is 0. The fraction of sp³-hybridized carbons (Fsp3) is 0.579. The molecule has 6 nitrogen and oxygen atoms in total. The van der Waals surface area contributed by atoms with Gasteiger partial charge in [-0.2, -0.15) is 0 Å². The molecule has 1 aliphatic carbocycles. The molecule has 2 N–H and O–H groups in total. The largest absolute Gasteiger partial charge is 0.376 e. The van der Waals surface area contributed by atoms with E-state index in [1.54, 1.807) is 4.90 Å². The maximum Gasteiger partial charge on any atom is 0.242 e. The lowest BCUT2D eigenvalue weighted by Crippen LogP contribution is -2.51. The van der Waals surface area contributed by atoms with Crippen LogP contribution in [0.15, 0.2) is 24.3 Å². The van der Waals surface area contributed by atoms with Gasteiger partial charge in [-0.1, -0.05) is 31.4 Å². The standard InChI is InChI=1S/C19H27N3O3/c23-18-13-22(10-9-20-18)19(24)12-21-16-6-4-5-15(11-16)14-25-17-7-2-1-3-8-17/h4-6,11,17,21H,1-3,7-10,12-14H2,(H,20,23). The zero-order chi connectivity index (χ0) is 17.5. The molecule has 1 saturated heterocycles. The van der Waals surface area contributed by atoms with Crippen LogP contribution in [0.3, 0.4) is 0 Å². The molecule has 3 rings (SSSR count). The van der Waals surface area contributed by atoms with E-state index in [0.29, 0.717) is 25.8 Å². The second-order valence-corrected chi connectivity index (χ2v) is 6.79. The predicted octanol–water partition coefficient (Wildman–Crippen LogP) is 1.91. The molecule has 1 aromatic rings. The Hall–Kier alpha value is -2.08. The summed E-state index contributed by atoms with van der Waals surface area (Å²) in [7, 11) is 0. The summed E-state index contributed by atoms with van der Waals surface area (Å²) in [6, 6.07) is 7.99. The Morgan fingerprint density at radius 2 is 2.12 bits per heavy atom. The quantitative estimate of drug-likeness (QED) is 0.826. The molecule has 0 spiro atoms. The first-order valence-electron chi connectivity index (χ1n) is 9.19. The second kappa shape index (κ2) is 8.85. The first kappa shape index (κ1) is 17.7. The molecule has 2 fully saturated rings. The fourth-order valence-electron chi connectivity index (χ4n) is 3.36. The van der Waals surface area contributed by atoms with E-state index < -0.39 is 0 Å². The van der Waals surface area contributed by atoms with Gasteiger partial charge in [-0.15, -0.1) is 0 Å². The fourth-order valence-corrected chi connectivity index (χ4v) is 3.36. The highest BCUT2D eigenvalue weighted by Crippen LogP contribution is 2.22. The van der Waals surface area contributed by atoms with Gasteiger partial charge in [-0.25, -0.2) is 0 Å². The van der Waals surface area contributed by atoms with E-state index in [9.17, 15) is 9.59 Å². The van der Waals surface area contributed by atoms with E-state index in [4.69, 9.17) is 4.74 Å². The van der Waals surface area contributed by atoms with Crippen molar-refractivity contribution in [2.75, 3.05) is 31.5 Å². The molecular formula is C19H27N3O3. The number of nitrogens with one attached hydrogen (secondary N) is 2. The Labute approximate surface area is 148 Å². The lowest BCUT2D eigenvalue weighted by Gasteiger charge is -2.26. The Morgan fingerprint density at radius 3 is 2.92 bits per heavy atom. The van der Waals surface area contributed by atoms with Crippen LogP contribution in [0.2, 0.25) is 0 Å². The first-order valence-corrected chi connectivity index (χ1v) is 9.19. The normalized spacial score (nSPS) is 18.7.